The maximum atomic E-state index is 15.0. The zero-order chi connectivity index (χ0) is 63.1. The number of aliphatic hydroxyl groups excluding tert-OH is 17. The summed E-state index contributed by atoms with van der Waals surface area (Å²) in [6, 6.07) is 0. The molecule has 6 aliphatic heterocycles. The lowest BCUT2D eigenvalue weighted by molar-refractivity contribution is -0.404. The molecule has 87 heavy (non-hydrogen) atoms. The van der Waals surface area contributed by atoms with Gasteiger partial charge in [0, 0.05) is 37.2 Å². The molecule has 30 heteroatoms. The van der Waals surface area contributed by atoms with E-state index in [1.807, 2.05) is 6.92 Å². The highest BCUT2D eigenvalue weighted by molar-refractivity contribution is 5.87. The highest BCUT2D eigenvalue weighted by Crippen LogP contribution is 2.70. The van der Waals surface area contributed by atoms with Crippen molar-refractivity contribution < 1.29 is 148 Å². The first-order valence-corrected chi connectivity index (χ1v) is 30.7. The van der Waals surface area contributed by atoms with Crippen molar-refractivity contribution in [2.75, 3.05) is 46.8 Å². The summed E-state index contributed by atoms with van der Waals surface area (Å²) in [7, 11) is 1.61. The van der Waals surface area contributed by atoms with Crippen LogP contribution < -0.4 is 0 Å². The van der Waals surface area contributed by atoms with Crippen LogP contribution in [-0.2, 0) is 61.6 Å². The Morgan fingerprint density at radius 1 is 0.575 bits per heavy atom. The Kier molecular flexibility index (Phi) is 21.3. The van der Waals surface area contributed by atoms with Crippen molar-refractivity contribution in [3.8, 4) is 0 Å². The van der Waals surface area contributed by atoms with Crippen molar-refractivity contribution in [3.63, 3.8) is 0 Å². The zero-order valence-corrected chi connectivity index (χ0v) is 49.4. The second-order valence-corrected chi connectivity index (χ2v) is 26.8. The van der Waals surface area contributed by atoms with Gasteiger partial charge in [-0.3, -0.25) is 4.79 Å². The van der Waals surface area contributed by atoms with Crippen molar-refractivity contribution in [1.82, 2.24) is 0 Å². The number of fused-ring (bicyclic) bond motifs is 7. The summed E-state index contributed by atoms with van der Waals surface area (Å²) < 4.78 is 72.1. The molecule has 4 saturated carbocycles. The Morgan fingerprint density at radius 2 is 1.13 bits per heavy atom. The molecule has 0 aromatic heterocycles. The number of methoxy groups -OCH3 is 1. The lowest BCUT2D eigenvalue weighted by Gasteiger charge is -2.61. The van der Waals surface area contributed by atoms with Crippen molar-refractivity contribution in [3.05, 3.63) is 0 Å². The molecule has 30 nitrogen and oxygen atoms in total. The van der Waals surface area contributed by atoms with Gasteiger partial charge in [0.05, 0.1) is 58.0 Å². The van der Waals surface area contributed by atoms with Gasteiger partial charge in [0.25, 0.3) is 0 Å². The number of hydrogen-bond acceptors (Lipinski definition) is 30. The van der Waals surface area contributed by atoms with E-state index >= 15 is 4.79 Å². The van der Waals surface area contributed by atoms with E-state index in [4.69, 9.17) is 56.8 Å². The van der Waals surface area contributed by atoms with Gasteiger partial charge in [-0.1, -0.05) is 27.7 Å². The average Bonchev–Trinajstić information content (AvgIpc) is 1.58. The predicted octanol–water partition coefficient (Wildman–Crippen LogP) is -6.69. The minimum absolute atomic E-state index is 0.0157. The third-order valence-corrected chi connectivity index (χ3v) is 22.0. The molecule has 37 atom stereocenters. The molecule has 1 unspecified atom stereocenters. The molecule has 10 aliphatic rings. The molecule has 6 heterocycles. The molecule has 502 valence electrons. The monoisotopic (exact) mass is 1260 g/mol. The lowest BCUT2D eigenvalue weighted by atomic mass is 9.43. The largest absolute Gasteiger partial charge is 0.394 e. The van der Waals surface area contributed by atoms with Crippen LogP contribution in [0.2, 0.25) is 0 Å². The minimum Gasteiger partial charge on any atom is -0.394 e. The lowest BCUT2D eigenvalue weighted by Crippen LogP contribution is -2.68. The molecular weight excluding hydrogens is 1160 g/mol. The number of carbonyl (C=O) groups excluding carboxylic acids is 1. The van der Waals surface area contributed by atoms with E-state index in [9.17, 15) is 86.8 Å². The van der Waals surface area contributed by atoms with Gasteiger partial charge in [-0.15, -0.1) is 0 Å². The average molecular weight is 1260 g/mol. The van der Waals surface area contributed by atoms with Gasteiger partial charge in [-0.25, -0.2) is 0 Å². The Balaban J connectivity index is 0.786. The molecule has 0 amide bonds. The summed E-state index contributed by atoms with van der Waals surface area (Å²) in [5, 5.41) is 182. The van der Waals surface area contributed by atoms with Gasteiger partial charge in [0.15, 0.2) is 37.2 Å². The molecule has 0 spiro atoms. The van der Waals surface area contributed by atoms with Crippen molar-refractivity contribution in [2.24, 2.45) is 52.3 Å². The molecule has 0 bridgehead atoms. The minimum atomic E-state index is -2.06. The number of rotatable bonds is 19. The first kappa shape index (κ1) is 68.4. The van der Waals surface area contributed by atoms with Crippen molar-refractivity contribution in [1.29, 1.82) is 0 Å². The molecule has 17 N–H and O–H groups in total. The zero-order valence-electron chi connectivity index (χ0n) is 49.4. The molecule has 10 fully saturated rings. The number of Topliss-reactive ketones (excluding diaryl/α,β-unsaturated/α-hetero) is 1. The van der Waals surface area contributed by atoms with Gasteiger partial charge in [-0.05, 0) is 73.5 Å². The van der Waals surface area contributed by atoms with E-state index < -0.39 is 209 Å². The summed E-state index contributed by atoms with van der Waals surface area (Å²) in [5.41, 5.74) is -1.25. The van der Waals surface area contributed by atoms with Gasteiger partial charge < -0.3 is 144 Å². The molecule has 0 radical (unpaired) electrons. The molecule has 0 aromatic rings. The third kappa shape index (κ3) is 12.3. The summed E-state index contributed by atoms with van der Waals surface area (Å²) in [6.45, 7) is 4.49. The quantitative estimate of drug-likeness (QED) is 0.0535. The Morgan fingerprint density at radius 3 is 1.77 bits per heavy atom. The molecule has 10 rings (SSSR count). The second kappa shape index (κ2) is 27.1. The van der Waals surface area contributed by atoms with Crippen LogP contribution in [0.4, 0.5) is 0 Å². The maximum Gasteiger partial charge on any atom is 0.187 e. The summed E-state index contributed by atoms with van der Waals surface area (Å²) in [6.07, 6.45) is -40.2. The van der Waals surface area contributed by atoms with Gasteiger partial charge >= 0.3 is 0 Å². The highest BCUT2D eigenvalue weighted by Gasteiger charge is 2.72. The number of aliphatic hydroxyl groups is 17. The van der Waals surface area contributed by atoms with Crippen LogP contribution in [0.25, 0.3) is 0 Å². The van der Waals surface area contributed by atoms with E-state index in [0.29, 0.717) is 19.3 Å². The molecule has 4 aliphatic carbocycles. The van der Waals surface area contributed by atoms with Crippen LogP contribution in [0, 0.1) is 52.3 Å². The maximum absolute atomic E-state index is 15.0. The van der Waals surface area contributed by atoms with Crippen LogP contribution in [0.3, 0.4) is 0 Å². The summed E-state index contributed by atoms with van der Waals surface area (Å²) >= 11 is 0. The fourth-order valence-electron chi connectivity index (χ4n) is 16.9. The van der Waals surface area contributed by atoms with Crippen molar-refractivity contribution >= 4 is 5.78 Å². The summed E-state index contributed by atoms with van der Waals surface area (Å²) in [5.74, 6) is -1.36. The van der Waals surface area contributed by atoms with Crippen LogP contribution in [0.15, 0.2) is 0 Å². The first-order chi connectivity index (χ1) is 41.2. The Hall–Kier alpha value is -1.49. The van der Waals surface area contributed by atoms with E-state index in [1.165, 1.54) is 0 Å². The topological polar surface area (TPSA) is 472 Å². The fraction of sp³-hybridized carbons (Fsp3) is 0.982. The van der Waals surface area contributed by atoms with Crippen molar-refractivity contribution in [2.45, 2.75) is 251 Å². The Bertz CT molecular complexity index is 2270. The SMILES string of the molecule is COC1(CC[C@@H](C)CO[C@@H]2O[C@H](CO)[C@@H](O)[C@H](O)[C@H]2O)O[C@H]2C[C@H]3[C@@H]4CC[C@H]5C[C@@H](O[C@@H]6O[C@H](CO)[C@H](O[C@@H]7O[C@H](CO)[C@@H](O)[C@H](O[C@@H]8OC[C@@H](O)[C@H](O)[C@H]8O)[C@H]7O[C@@H]7O[C@H](CO)[C@@H](O)[C@H](O)[C@H]7O)[C@H](O)[C@H]6O)[C@H](O)C[C@]5(C)[C@H]4CC(=O)[C@]3(C)[C@H]2[C@@H]1C. The molecular formula is C57H94O30. The normalized spacial score (nSPS) is 54.8. The third-order valence-electron chi connectivity index (χ3n) is 22.0. The molecule has 0 aromatic carbocycles. The number of ether oxygens (including phenoxy) is 12. The smallest absolute Gasteiger partial charge is 0.187 e. The van der Waals surface area contributed by atoms with E-state index in [0.717, 1.165) is 12.8 Å². The fourth-order valence-corrected chi connectivity index (χ4v) is 16.9. The first-order valence-electron chi connectivity index (χ1n) is 30.7. The van der Waals surface area contributed by atoms with E-state index in [1.54, 1.807) is 7.11 Å². The number of ketones is 1. The van der Waals surface area contributed by atoms with Gasteiger partial charge in [-0.2, -0.15) is 0 Å². The number of hydrogen-bond donors (Lipinski definition) is 17. The second-order valence-electron chi connectivity index (χ2n) is 26.8. The van der Waals surface area contributed by atoms with Gasteiger partial charge in [0.1, 0.15) is 122 Å². The Labute approximate surface area is 502 Å². The van der Waals surface area contributed by atoms with E-state index in [2.05, 4.69) is 20.8 Å². The van der Waals surface area contributed by atoms with Crippen LogP contribution in [0.5, 0.6) is 0 Å². The van der Waals surface area contributed by atoms with E-state index in [-0.39, 0.29) is 79.2 Å². The standard InChI is InChI=1S/C57H94O30/c1-20(18-77-50-44(73)40(69)37(66)30(14-58)80-50)8-9-57(76-5)21(2)35-29(87-57)11-25-23-7-6-22-10-28(26(62)13-55(22,3)24(23)12-34(64)56(25,35)4)79-52-46(75)42(71)47(33(17-61)83-52)84-54-49(86-53-45(74)41(70)38(67)31(15-59)81-53)48(39(68)32(16-60)82-54)85-51-43(72)36(65)27(63)19-78-51/h20-33,35-54,58-63,65-75H,6-19H2,1-5H3/t20-,21+,22+,23-,24+,25+,26-,27-,28-,29+,30-,31-,32-,33-,35+,36+,37-,38-,39-,40+,41+,42-,43-,44-,45-,46-,47+,48+,49-,50-,51+,52-,53+,54+,55+,56-,57?/m1/s1. The van der Waals surface area contributed by atoms with Crippen LogP contribution in [-0.4, -0.2) is 311 Å². The van der Waals surface area contributed by atoms with Crippen LogP contribution >= 0.6 is 0 Å². The summed E-state index contributed by atoms with van der Waals surface area (Å²) in [4.78, 5) is 15.0. The molecule has 6 saturated heterocycles. The highest BCUT2D eigenvalue weighted by atomic mass is 16.8. The number of carbonyl (C=O) groups is 1. The predicted molar refractivity (Wildman–Crippen MR) is 285 cm³/mol. The van der Waals surface area contributed by atoms with Gasteiger partial charge in [0.2, 0.25) is 0 Å². The van der Waals surface area contributed by atoms with Crippen LogP contribution in [0.1, 0.15) is 79.1 Å².